The molecule has 0 bridgehead atoms. The van der Waals surface area contributed by atoms with Gasteiger partial charge in [-0.2, -0.15) is 0 Å². The fourth-order valence-corrected chi connectivity index (χ4v) is 8.35. The number of rotatable bonds is 3. The molecular weight excluding hydrogens is 400 g/mol. The van der Waals surface area contributed by atoms with Crippen molar-refractivity contribution >= 4 is 23.4 Å². The van der Waals surface area contributed by atoms with Crippen molar-refractivity contribution in [1.82, 2.24) is 0 Å². The molecule has 0 aromatic heterocycles. The second-order valence-corrected chi connectivity index (χ2v) is 11.5. The maximum atomic E-state index is 12.0. The number of aliphatic hydroxyl groups is 1. The molecule has 3 fully saturated rings. The first-order chi connectivity index (χ1) is 14.0. The van der Waals surface area contributed by atoms with Gasteiger partial charge in [0.1, 0.15) is 6.10 Å². The summed E-state index contributed by atoms with van der Waals surface area (Å²) in [5, 5.41) is 11.7. The number of carbonyl (C=O) groups is 2. The zero-order chi connectivity index (χ0) is 22.1. The fraction of sp³-hybridized carbons (Fsp3) is 0.760. The standard InChI is InChI=1S/C25H35ClO4/c1-14(2)12-24-13-21(29)25(26)19(20(24)10-15(3)22(24)30-16(4)27)7-6-17-11-18(28)8-9-23(17,25)5/h8-9,11,14-15,19-22,29H,6-7,10,12-13H2,1-5H3/t15-,19+,20+,21+,22-,23+,24+,25+/m1/s1. The van der Waals surface area contributed by atoms with Crippen molar-refractivity contribution in [2.75, 3.05) is 0 Å². The molecule has 0 aliphatic heterocycles. The highest BCUT2D eigenvalue weighted by Crippen LogP contribution is 2.70. The molecule has 30 heavy (non-hydrogen) atoms. The fourth-order valence-electron chi connectivity index (χ4n) is 7.83. The van der Waals surface area contributed by atoms with Gasteiger partial charge in [0, 0.05) is 17.8 Å². The Kier molecular flexibility index (Phi) is 5.30. The van der Waals surface area contributed by atoms with E-state index in [4.69, 9.17) is 16.3 Å². The van der Waals surface area contributed by atoms with Crippen LogP contribution in [0.2, 0.25) is 0 Å². The summed E-state index contributed by atoms with van der Waals surface area (Å²) in [7, 11) is 0. The van der Waals surface area contributed by atoms with E-state index in [0.717, 1.165) is 31.3 Å². The van der Waals surface area contributed by atoms with Gasteiger partial charge in [0.2, 0.25) is 0 Å². The van der Waals surface area contributed by atoms with Crippen molar-refractivity contribution in [3.63, 3.8) is 0 Å². The number of allylic oxidation sites excluding steroid dienone is 4. The number of aliphatic hydroxyl groups excluding tert-OH is 1. The van der Waals surface area contributed by atoms with E-state index in [1.807, 2.05) is 6.08 Å². The maximum Gasteiger partial charge on any atom is 0.302 e. The van der Waals surface area contributed by atoms with Gasteiger partial charge in [-0.05, 0) is 67.9 Å². The van der Waals surface area contributed by atoms with Crippen LogP contribution in [0.3, 0.4) is 0 Å². The minimum Gasteiger partial charge on any atom is -0.462 e. The van der Waals surface area contributed by atoms with Crippen molar-refractivity contribution in [3.05, 3.63) is 23.8 Å². The SMILES string of the molecule is CC(=O)O[C@@H]1[C@H](C)C[C@H]2[C@@H]3CCC4=CC(=O)C=C[C@]4(C)[C@@]3(Cl)[C@@H](O)C[C@]12CC(C)C. The quantitative estimate of drug-likeness (QED) is 0.510. The molecule has 0 saturated heterocycles. The molecule has 0 spiro atoms. The lowest BCUT2D eigenvalue weighted by Crippen LogP contribution is -2.67. The molecule has 166 valence electrons. The third-order valence-corrected chi connectivity index (χ3v) is 9.62. The number of hydrogen-bond acceptors (Lipinski definition) is 4. The summed E-state index contributed by atoms with van der Waals surface area (Å²) in [6, 6.07) is 0. The second-order valence-electron chi connectivity index (χ2n) is 10.9. The molecule has 0 unspecified atom stereocenters. The average molecular weight is 435 g/mol. The van der Waals surface area contributed by atoms with Crippen LogP contribution in [0.1, 0.15) is 66.7 Å². The predicted molar refractivity (Wildman–Crippen MR) is 117 cm³/mol. The van der Waals surface area contributed by atoms with Crippen LogP contribution >= 0.6 is 11.6 Å². The van der Waals surface area contributed by atoms with Crippen molar-refractivity contribution in [3.8, 4) is 0 Å². The molecule has 0 amide bonds. The van der Waals surface area contributed by atoms with E-state index in [9.17, 15) is 14.7 Å². The van der Waals surface area contributed by atoms with Gasteiger partial charge >= 0.3 is 5.97 Å². The molecule has 0 aromatic carbocycles. The lowest BCUT2D eigenvalue weighted by Gasteiger charge is -2.63. The smallest absolute Gasteiger partial charge is 0.302 e. The Hall–Kier alpha value is -1.13. The normalized spacial score (nSPS) is 47.4. The lowest BCUT2D eigenvalue weighted by molar-refractivity contribution is -0.171. The summed E-state index contributed by atoms with van der Waals surface area (Å²) in [5.41, 5.74) is 0.240. The topological polar surface area (TPSA) is 63.6 Å². The van der Waals surface area contributed by atoms with Gasteiger partial charge in [-0.25, -0.2) is 0 Å². The molecule has 0 radical (unpaired) electrons. The number of carbonyl (C=O) groups excluding carboxylic acids is 2. The van der Waals surface area contributed by atoms with Crippen LogP contribution in [0, 0.1) is 34.5 Å². The van der Waals surface area contributed by atoms with Crippen LogP contribution in [0.25, 0.3) is 0 Å². The lowest BCUT2D eigenvalue weighted by atomic mass is 9.45. The van der Waals surface area contributed by atoms with Crippen molar-refractivity contribution in [2.24, 2.45) is 34.5 Å². The van der Waals surface area contributed by atoms with Gasteiger partial charge in [0.25, 0.3) is 0 Å². The van der Waals surface area contributed by atoms with Crippen LogP contribution in [0.5, 0.6) is 0 Å². The molecule has 4 nitrogen and oxygen atoms in total. The molecule has 0 heterocycles. The summed E-state index contributed by atoms with van der Waals surface area (Å²) in [5.74, 6) is 0.798. The van der Waals surface area contributed by atoms with Gasteiger partial charge in [-0.1, -0.05) is 39.3 Å². The summed E-state index contributed by atoms with van der Waals surface area (Å²) in [6.07, 6.45) is 8.41. The Balaban J connectivity index is 1.82. The zero-order valence-corrected chi connectivity index (χ0v) is 19.5. The van der Waals surface area contributed by atoms with Crippen molar-refractivity contribution in [2.45, 2.75) is 83.8 Å². The van der Waals surface area contributed by atoms with E-state index in [0.29, 0.717) is 12.3 Å². The largest absolute Gasteiger partial charge is 0.462 e. The van der Waals surface area contributed by atoms with Crippen molar-refractivity contribution < 1.29 is 19.4 Å². The molecule has 4 aliphatic carbocycles. The summed E-state index contributed by atoms with van der Waals surface area (Å²) in [6.45, 7) is 10.1. The van der Waals surface area contributed by atoms with Crippen LogP contribution in [-0.4, -0.2) is 33.9 Å². The number of ether oxygens (including phenoxy) is 1. The van der Waals surface area contributed by atoms with Gasteiger partial charge in [0.05, 0.1) is 11.0 Å². The third-order valence-electron chi connectivity index (χ3n) is 8.70. The summed E-state index contributed by atoms with van der Waals surface area (Å²) >= 11 is 7.50. The molecular formula is C25H35ClO4. The van der Waals surface area contributed by atoms with E-state index in [2.05, 4.69) is 27.7 Å². The molecule has 0 aromatic rings. The molecule has 4 aliphatic rings. The summed E-state index contributed by atoms with van der Waals surface area (Å²) in [4.78, 5) is 23.2. The average Bonchev–Trinajstić information content (AvgIpc) is 2.88. The number of hydrogen-bond donors (Lipinski definition) is 1. The Labute approximate surface area is 185 Å². The number of alkyl halides is 1. The highest BCUT2D eigenvalue weighted by atomic mass is 35.5. The number of halogens is 1. The van der Waals surface area contributed by atoms with E-state index in [-0.39, 0.29) is 41.0 Å². The molecule has 1 N–H and O–H groups in total. The Bertz CT molecular complexity index is 816. The van der Waals surface area contributed by atoms with E-state index >= 15 is 0 Å². The van der Waals surface area contributed by atoms with Crippen LogP contribution in [-0.2, 0) is 14.3 Å². The first-order valence-electron chi connectivity index (χ1n) is 11.4. The minimum atomic E-state index is -0.857. The first-order valence-corrected chi connectivity index (χ1v) is 11.8. The van der Waals surface area contributed by atoms with E-state index in [1.54, 1.807) is 12.2 Å². The Morgan fingerprint density at radius 1 is 1.37 bits per heavy atom. The van der Waals surface area contributed by atoms with Gasteiger partial charge in [0.15, 0.2) is 5.78 Å². The number of esters is 1. The predicted octanol–water partition coefficient (Wildman–Crippen LogP) is 4.83. The first kappa shape index (κ1) is 22.1. The minimum absolute atomic E-state index is 0.00468. The van der Waals surface area contributed by atoms with E-state index in [1.165, 1.54) is 6.92 Å². The molecule has 8 atom stereocenters. The molecule has 4 rings (SSSR count). The third kappa shape index (κ3) is 2.89. The highest BCUT2D eigenvalue weighted by molar-refractivity contribution is 6.26. The number of ketones is 1. The maximum absolute atomic E-state index is 12.0. The van der Waals surface area contributed by atoms with Crippen molar-refractivity contribution in [1.29, 1.82) is 0 Å². The Morgan fingerprint density at radius 3 is 2.70 bits per heavy atom. The summed E-state index contributed by atoms with van der Waals surface area (Å²) < 4.78 is 5.94. The van der Waals surface area contributed by atoms with Crippen LogP contribution in [0.4, 0.5) is 0 Å². The monoisotopic (exact) mass is 434 g/mol. The molecule has 5 heteroatoms. The van der Waals surface area contributed by atoms with Crippen LogP contribution < -0.4 is 0 Å². The zero-order valence-electron chi connectivity index (χ0n) is 18.8. The second kappa shape index (κ2) is 7.20. The molecule has 3 saturated carbocycles. The van der Waals surface area contributed by atoms with Gasteiger partial charge < -0.3 is 9.84 Å². The highest BCUT2D eigenvalue weighted by Gasteiger charge is 2.71. The van der Waals surface area contributed by atoms with Gasteiger partial charge in [-0.15, -0.1) is 11.6 Å². The van der Waals surface area contributed by atoms with E-state index < -0.39 is 16.4 Å². The van der Waals surface area contributed by atoms with Crippen LogP contribution in [0.15, 0.2) is 23.8 Å². The Morgan fingerprint density at radius 2 is 2.07 bits per heavy atom. The van der Waals surface area contributed by atoms with Gasteiger partial charge in [-0.3, -0.25) is 9.59 Å². The number of fused-ring (bicyclic) bond motifs is 5.